The smallest absolute Gasteiger partial charge is 0.258 e. The van der Waals surface area contributed by atoms with E-state index in [1.165, 1.54) is 6.07 Å². The van der Waals surface area contributed by atoms with Crippen LogP contribution in [0.5, 0.6) is 0 Å². The molecule has 0 aliphatic carbocycles. The van der Waals surface area contributed by atoms with Crippen LogP contribution < -0.4 is 0 Å². The Kier molecular flexibility index (Phi) is 4.92. The van der Waals surface area contributed by atoms with E-state index in [0.29, 0.717) is 10.6 Å². The van der Waals surface area contributed by atoms with Gasteiger partial charge in [-0.1, -0.05) is 72.3 Å². The number of hydrogen-bond donors (Lipinski definition) is 0. The molecular formula is C24H16ClNO2. The lowest BCUT2D eigenvalue weighted by Crippen LogP contribution is -1.93. The summed E-state index contributed by atoms with van der Waals surface area (Å²) in [5.74, 6) is 0. The molecule has 28 heavy (non-hydrogen) atoms. The van der Waals surface area contributed by atoms with Crippen molar-refractivity contribution in [3.8, 4) is 33.4 Å². The van der Waals surface area contributed by atoms with Crippen LogP contribution in [0, 0.1) is 10.1 Å². The van der Waals surface area contributed by atoms with Crippen molar-refractivity contribution in [2.24, 2.45) is 0 Å². The first-order valence-electron chi connectivity index (χ1n) is 8.82. The van der Waals surface area contributed by atoms with E-state index in [1.54, 1.807) is 12.1 Å². The fourth-order valence-electron chi connectivity index (χ4n) is 3.28. The number of nitrogens with zero attached hydrogens (tertiary/aromatic N) is 1. The lowest BCUT2D eigenvalue weighted by atomic mass is 9.93. The molecule has 0 saturated heterocycles. The van der Waals surface area contributed by atoms with Crippen LogP contribution >= 0.6 is 11.6 Å². The Bertz CT molecular complexity index is 1080. The number of nitro benzene ring substituents is 1. The molecular weight excluding hydrogens is 370 g/mol. The summed E-state index contributed by atoms with van der Waals surface area (Å²) in [5.41, 5.74) is 5.43. The highest BCUT2D eigenvalue weighted by Gasteiger charge is 2.17. The van der Waals surface area contributed by atoms with E-state index in [4.69, 9.17) is 11.6 Å². The summed E-state index contributed by atoms with van der Waals surface area (Å²) in [4.78, 5) is 11.2. The van der Waals surface area contributed by atoms with Crippen molar-refractivity contribution in [2.45, 2.75) is 0 Å². The van der Waals surface area contributed by atoms with Gasteiger partial charge in [-0.2, -0.15) is 0 Å². The average molecular weight is 386 g/mol. The highest BCUT2D eigenvalue weighted by atomic mass is 35.5. The number of benzene rings is 4. The summed E-state index contributed by atoms with van der Waals surface area (Å²) in [6.45, 7) is 0. The number of rotatable bonds is 4. The minimum Gasteiger partial charge on any atom is -0.258 e. The van der Waals surface area contributed by atoms with Crippen LogP contribution in [-0.4, -0.2) is 4.92 Å². The summed E-state index contributed by atoms with van der Waals surface area (Å²) in [6, 6.07) is 30.8. The summed E-state index contributed by atoms with van der Waals surface area (Å²) >= 11 is 6.00. The van der Waals surface area contributed by atoms with Gasteiger partial charge in [-0.25, -0.2) is 0 Å². The molecule has 0 aliphatic heterocycles. The van der Waals surface area contributed by atoms with Gasteiger partial charge in [0.2, 0.25) is 0 Å². The monoisotopic (exact) mass is 385 g/mol. The molecule has 0 saturated carbocycles. The Morgan fingerprint density at radius 1 is 0.607 bits per heavy atom. The highest BCUT2D eigenvalue weighted by Crippen LogP contribution is 2.37. The molecule has 0 radical (unpaired) electrons. The third kappa shape index (κ3) is 3.66. The summed E-state index contributed by atoms with van der Waals surface area (Å²) in [6.07, 6.45) is 0. The lowest BCUT2D eigenvalue weighted by molar-refractivity contribution is -0.384. The van der Waals surface area contributed by atoms with Crippen molar-refractivity contribution in [2.75, 3.05) is 0 Å². The maximum Gasteiger partial charge on any atom is 0.278 e. The van der Waals surface area contributed by atoms with Crippen LogP contribution in [0.1, 0.15) is 0 Å². The van der Waals surface area contributed by atoms with Crippen molar-refractivity contribution >= 4 is 17.3 Å². The standard InChI is InChI=1S/C24H16ClNO2/c25-22-11-12-23(24(16-22)26(27)28)21-14-19(17-7-3-1-4-8-17)13-20(15-21)18-9-5-2-6-10-18/h1-16H. The molecule has 3 nitrogen and oxygen atoms in total. The van der Waals surface area contributed by atoms with E-state index in [1.807, 2.05) is 72.8 Å². The predicted octanol–water partition coefficient (Wildman–Crippen LogP) is 7.25. The Balaban J connectivity index is 1.97. The average Bonchev–Trinajstić information content (AvgIpc) is 2.74. The van der Waals surface area contributed by atoms with Crippen LogP contribution in [0.2, 0.25) is 5.02 Å². The van der Waals surface area contributed by atoms with Crippen molar-refractivity contribution < 1.29 is 4.92 Å². The van der Waals surface area contributed by atoms with Gasteiger partial charge < -0.3 is 0 Å². The fraction of sp³-hybridized carbons (Fsp3) is 0. The molecule has 0 heterocycles. The van der Waals surface area contributed by atoms with Gasteiger partial charge in [0, 0.05) is 11.1 Å². The van der Waals surface area contributed by atoms with Crippen LogP contribution in [0.25, 0.3) is 33.4 Å². The SMILES string of the molecule is O=[N+]([O-])c1cc(Cl)ccc1-c1cc(-c2ccccc2)cc(-c2ccccc2)c1. The third-order valence-electron chi connectivity index (χ3n) is 4.61. The van der Waals surface area contributed by atoms with Gasteiger partial charge in [-0.15, -0.1) is 0 Å². The molecule has 0 atom stereocenters. The minimum atomic E-state index is -0.390. The quantitative estimate of drug-likeness (QED) is 0.274. The molecule has 4 aromatic rings. The van der Waals surface area contributed by atoms with E-state index in [-0.39, 0.29) is 5.69 Å². The predicted molar refractivity (Wildman–Crippen MR) is 114 cm³/mol. The van der Waals surface area contributed by atoms with Crippen molar-refractivity contribution in [3.05, 3.63) is 112 Å². The van der Waals surface area contributed by atoms with Crippen LogP contribution in [-0.2, 0) is 0 Å². The molecule has 0 amide bonds. The second-order valence-electron chi connectivity index (χ2n) is 6.45. The van der Waals surface area contributed by atoms with Gasteiger partial charge in [0.05, 0.1) is 10.5 Å². The zero-order valence-electron chi connectivity index (χ0n) is 14.9. The van der Waals surface area contributed by atoms with Gasteiger partial charge in [0.15, 0.2) is 0 Å². The molecule has 4 rings (SSSR count). The van der Waals surface area contributed by atoms with Gasteiger partial charge in [0.25, 0.3) is 5.69 Å². The van der Waals surface area contributed by atoms with Crippen LogP contribution in [0.3, 0.4) is 0 Å². The van der Waals surface area contributed by atoms with Crippen molar-refractivity contribution in [1.82, 2.24) is 0 Å². The van der Waals surface area contributed by atoms with E-state index in [9.17, 15) is 10.1 Å². The van der Waals surface area contributed by atoms with Crippen LogP contribution in [0.4, 0.5) is 5.69 Å². The van der Waals surface area contributed by atoms with Crippen molar-refractivity contribution in [1.29, 1.82) is 0 Å². The molecule has 4 heteroatoms. The summed E-state index contributed by atoms with van der Waals surface area (Å²) < 4.78 is 0. The highest BCUT2D eigenvalue weighted by molar-refractivity contribution is 6.31. The summed E-state index contributed by atoms with van der Waals surface area (Å²) in [7, 11) is 0. The normalized spacial score (nSPS) is 10.6. The van der Waals surface area contributed by atoms with Crippen molar-refractivity contribution in [3.63, 3.8) is 0 Å². The van der Waals surface area contributed by atoms with E-state index < -0.39 is 4.92 Å². The Morgan fingerprint density at radius 2 is 1.11 bits per heavy atom. The number of halogens is 1. The first kappa shape index (κ1) is 18.0. The first-order chi connectivity index (χ1) is 13.6. The van der Waals surface area contributed by atoms with Gasteiger partial charge in [-0.05, 0) is 58.1 Å². The maximum absolute atomic E-state index is 11.6. The van der Waals surface area contributed by atoms with Gasteiger partial charge in [-0.3, -0.25) is 10.1 Å². The van der Waals surface area contributed by atoms with Crippen LogP contribution in [0.15, 0.2) is 97.1 Å². The molecule has 0 N–H and O–H groups in total. The Hall–Kier alpha value is -3.43. The lowest BCUT2D eigenvalue weighted by Gasteiger charge is -2.11. The molecule has 0 bridgehead atoms. The number of nitro groups is 1. The molecule has 136 valence electrons. The second kappa shape index (κ2) is 7.67. The zero-order valence-corrected chi connectivity index (χ0v) is 15.6. The molecule has 0 unspecified atom stereocenters. The largest absolute Gasteiger partial charge is 0.278 e. The van der Waals surface area contributed by atoms with E-state index in [2.05, 4.69) is 6.07 Å². The molecule has 0 spiro atoms. The molecule has 0 aliphatic rings. The maximum atomic E-state index is 11.6. The van der Waals surface area contributed by atoms with E-state index in [0.717, 1.165) is 27.8 Å². The van der Waals surface area contributed by atoms with Gasteiger partial charge in [0.1, 0.15) is 0 Å². The Morgan fingerprint density at radius 3 is 1.61 bits per heavy atom. The zero-order chi connectivity index (χ0) is 19.5. The molecule has 4 aromatic carbocycles. The number of hydrogen-bond acceptors (Lipinski definition) is 2. The second-order valence-corrected chi connectivity index (χ2v) is 6.89. The van der Waals surface area contributed by atoms with Gasteiger partial charge >= 0.3 is 0 Å². The third-order valence-corrected chi connectivity index (χ3v) is 4.85. The van der Waals surface area contributed by atoms with E-state index >= 15 is 0 Å². The molecule has 0 fully saturated rings. The summed E-state index contributed by atoms with van der Waals surface area (Å²) in [5, 5.41) is 11.9. The Labute approximate surface area is 168 Å². The topological polar surface area (TPSA) is 43.1 Å². The first-order valence-corrected chi connectivity index (χ1v) is 9.20. The fourth-order valence-corrected chi connectivity index (χ4v) is 3.44. The minimum absolute atomic E-state index is 0.00303. The molecule has 0 aromatic heterocycles.